The SMILES string of the molecule is BC(B)(O)[C@@]1(F)O[C@@](B)(N2C=C(Cl)C(=C)NC2=O)[C@H](O)[C@@H]1O. The van der Waals surface area contributed by atoms with Crippen LogP contribution < -0.4 is 5.32 Å². The van der Waals surface area contributed by atoms with Crippen LogP contribution in [0.4, 0.5) is 9.18 Å². The number of allylic oxidation sites excluding steroid dienone is 1. The van der Waals surface area contributed by atoms with E-state index in [0.29, 0.717) is 0 Å². The first-order chi connectivity index (χ1) is 9.84. The summed E-state index contributed by atoms with van der Waals surface area (Å²) in [6.07, 6.45) is -2.81. The van der Waals surface area contributed by atoms with Crippen molar-refractivity contribution < 1.29 is 29.2 Å². The first-order valence-electron chi connectivity index (χ1n) is 6.49. The van der Waals surface area contributed by atoms with E-state index in [1.54, 1.807) is 0 Å². The molecule has 0 aliphatic carbocycles. The van der Waals surface area contributed by atoms with Gasteiger partial charge >= 0.3 is 6.03 Å². The minimum atomic E-state index is -2.99. The maximum Gasteiger partial charge on any atom is 0.327 e. The molecule has 0 spiro atoms. The normalized spacial score (nSPS) is 39.7. The molecule has 0 aromatic carbocycles. The van der Waals surface area contributed by atoms with Crippen molar-refractivity contribution in [3.63, 3.8) is 0 Å². The second kappa shape index (κ2) is 5.00. The van der Waals surface area contributed by atoms with Crippen molar-refractivity contribution in [1.82, 2.24) is 10.2 Å². The first kappa shape index (κ1) is 17.4. The van der Waals surface area contributed by atoms with Gasteiger partial charge in [-0.15, -0.1) is 0 Å². The molecular weight excluding hydrogens is 315 g/mol. The highest BCUT2D eigenvalue weighted by Gasteiger charge is 2.68. The van der Waals surface area contributed by atoms with E-state index in [-0.39, 0.29) is 10.7 Å². The lowest BCUT2D eigenvalue weighted by Gasteiger charge is -2.41. The number of aliphatic hydroxyl groups excluding tert-OH is 2. The molecule has 0 aromatic heterocycles. The monoisotopic (exact) mass is 330 g/mol. The van der Waals surface area contributed by atoms with Crippen LogP contribution >= 0.6 is 11.6 Å². The summed E-state index contributed by atoms with van der Waals surface area (Å²) in [5.74, 6) is -2.99. The summed E-state index contributed by atoms with van der Waals surface area (Å²) in [4.78, 5) is 12.9. The van der Waals surface area contributed by atoms with Gasteiger partial charge in [-0.25, -0.2) is 9.18 Å². The maximum atomic E-state index is 14.9. The topological polar surface area (TPSA) is 102 Å². The number of alkyl halides is 1. The molecule has 0 unspecified atom stereocenters. The molecule has 1 saturated heterocycles. The Hall–Kier alpha value is -0.995. The summed E-state index contributed by atoms with van der Waals surface area (Å²) in [6, 6.07) is -0.775. The fraction of sp³-hybridized carbons (Fsp3) is 0.500. The summed E-state index contributed by atoms with van der Waals surface area (Å²) in [7, 11) is 3.35. The van der Waals surface area contributed by atoms with Crippen molar-refractivity contribution in [2.24, 2.45) is 0 Å². The highest BCUT2D eigenvalue weighted by molar-refractivity contribution is 6.39. The number of halogens is 2. The number of nitrogens with one attached hydrogen (secondary N) is 1. The number of urea groups is 1. The molecule has 2 aliphatic rings. The van der Waals surface area contributed by atoms with E-state index >= 15 is 0 Å². The Kier molecular flexibility index (Phi) is 3.95. The molecule has 4 atom stereocenters. The molecule has 0 radical (unpaired) electrons. The van der Waals surface area contributed by atoms with Gasteiger partial charge in [0.25, 0.3) is 5.85 Å². The standard InChI is InChI=1S/C10H15B3ClFN2O5/c1-3-4(14)2-17(7(20)16-3)9(11)6(19)5(18)8(15,22-9)10(12,13)21/h2,5-6,18-19,21H,1,11-13H2,(H,16,20)/t5-,6+,8-,9-/m0/s1. The lowest BCUT2D eigenvalue weighted by molar-refractivity contribution is -0.242. The van der Waals surface area contributed by atoms with Crippen LogP contribution in [0.1, 0.15) is 0 Å². The smallest absolute Gasteiger partial charge is 0.327 e. The van der Waals surface area contributed by atoms with Crippen LogP contribution in [0.15, 0.2) is 23.5 Å². The van der Waals surface area contributed by atoms with Crippen LogP contribution in [0.25, 0.3) is 0 Å². The average Bonchev–Trinajstić information content (AvgIpc) is 2.56. The van der Waals surface area contributed by atoms with E-state index in [1.165, 1.54) is 7.85 Å². The summed E-state index contributed by atoms with van der Waals surface area (Å²) >= 11 is 5.87. The first-order valence-corrected chi connectivity index (χ1v) is 6.87. The number of nitrogens with zero attached hydrogens (tertiary/aromatic N) is 1. The molecule has 0 bridgehead atoms. The fourth-order valence-electron chi connectivity index (χ4n) is 2.42. The number of aliphatic hydroxyl groups is 3. The van der Waals surface area contributed by atoms with Gasteiger partial charge in [0.05, 0.1) is 16.1 Å². The summed E-state index contributed by atoms with van der Waals surface area (Å²) < 4.78 is 20.0. The zero-order valence-corrected chi connectivity index (χ0v) is 13.1. The highest BCUT2D eigenvalue weighted by Crippen LogP contribution is 2.45. The van der Waals surface area contributed by atoms with Crippen LogP contribution in [0.2, 0.25) is 0 Å². The molecule has 2 amide bonds. The predicted molar refractivity (Wildman–Crippen MR) is 83.7 cm³/mol. The number of hydrogen-bond donors (Lipinski definition) is 4. The zero-order chi connectivity index (χ0) is 17.1. The van der Waals surface area contributed by atoms with Gasteiger partial charge in [0.2, 0.25) is 0 Å². The number of ether oxygens (including phenoxy) is 1. The molecular formula is C10H15B3ClFN2O5. The Morgan fingerprint density at radius 1 is 1.50 bits per heavy atom. The van der Waals surface area contributed by atoms with E-state index in [2.05, 4.69) is 11.9 Å². The molecule has 2 heterocycles. The largest absolute Gasteiger partial charge is 0.402 e. The van der Waals surface area contributed by atoms with Crippen molar-refractivity contribution in [2.75, 3.05) is 0 Å². The molecule has 0 aromatic rings. The van der Waals surface area contributed by atoms with E-state index < -0.39 is 35.1 Å². The lowest BCUT2D eigenvalue weighted by atomic mass is 9.59. The number of carbonyl (C=O) groups is 1. The Labute approximate surface area is 134 Å². The summed E-state index contributed by atoms with van der Waals surface area (Å²) in [6.45, 7) is 3.51. The average molecular weight is 330 g/mol. The van der Waals surface area contributed by atoms with E-state index in [0.717, 1.165) is 26.8 Å². The van der Waals surface area contributed by atoms with Crippen LogP contribution in [0.5, 0.6) is 0 Å². The zero-order valence-electron chi connectivity index (χ0n) is 12.3. The van der Waals surface area contributed by atoms with Crippen LogP contribution in [-0.4, -0.2) is 78.9 Å². The van der Waals surface area contributed by atoms with Gasteiger partial charge < -0.3 is 25.4 Å². The molecule has 4 N–H and O–H groups in total. The van der Waals surface area contributed by atoms with E-state index in [4.69, 9.17) is 16.3 Å². The van der Waals surface area contributed by atoms with Crippen LogP contribution in [0.3, 0.4) is 0 Å². The maximum absolute atomic E-state index is 14.9. The Bertz CT molecular complexity index is 573. The molecule has 2 aliphatic heterocycles. The molecule has 12 heteroatoms. The predicted octanol–water partition coefficient (Wildman–Crippen LogP) is -3.78. The van der Waals surface area contributed by atoms with Crippen LogP contribution in [0, 0.1) is 0 Å². The number of carbonyl (C=O) groups excluding carboxylic acids is 1. The van der Waals surface area contributed by atoms with Crippen molar-refractivity contribution in [2.45, 2.75) is 29.1 Å². The van der Waals surface area contributed by atoms with Gasteiger partial charge in [0.15, 0.2) is 7.85 Å². The summed E-state index contributed by atoms with van der Waals surface area (Å²) in [5.41, 5.74) is -1.85. The van der Waals surface area contributed by atoms with Crippen molar-refractivity contribution in [3.05, 3.63) is 23.5 Å². The third-order valence-corrected chi connectivity index (χ3v) is 4.23. The number of amides is 2. The van der Waals surface area contributed by atoms with Gasteiger partial charge in [-0.1, -0.05) is 18.2 Å². The van der Waals surface area contributed by atoms with Crippen molar-refractivity contribution in [1.29, 1.82) is 0 Å². The van der Waals surface area contributed by atoms with Gasteiger partial charge in [0.1, 0.15) is 33.5 Å². The number of rotatable bonds is 2. The Morgan fingerprint density at radius 2 is 2.05 bits per heavy atom. The Balaban J connectivity index is 2.47. The fourth-order valence-corrected chi connectivity index (χ4v) is 2.57. The summed E-state index contributed by atoms with van der Waals surface area (Å²) in [5, 5.41) is 30.3. The quantitative estimate of drug-likeness (QED) is 0.389. The molecule has 1 fully saturated rings. The number of hydrogen-bond acceptors (Lipinski definition) is 5. The Morgan fingerprint density at radius 3 is 2.50 bits per heavy atom. The second-order valence-corrected chi connectivity index (χ2v) is 6.41. The van der Waals surface area contributed by atoms with E-state index in [1.807, 2.05) is 0 Å². The third-order valence-electron chi connectivity index (χ3n) is 3.90. The molecule has 2 rings (SSSR count). The third kappa shape index (κ3) is 2.28. The van der Waals surface area contributed by atoms with Crippen LogP contribution in [-0.2, 0) is 4.74 Å². The van der Waals surface area contributed by atoms with E-state index in [9.17, 15) is 24.5 Å². The molecule has 118 valence electrons. The molecule has 0 saturated carbocycles. The van der Waals surface area contributed by atoms with Gasteiger partial charge in [-0.2, -0.15) is 0 Å². The van der Waals surface area contributed by atoms with Gasteiger partial charge in [-0.3, -0.25) is 4.90 Å². The van der Waals surface area contributed by atoms with Crippen molar-refractivity contribution >= 4 is 41.2 Å². The van der Waals surface area contributed by atoms with Crippen molar-refractivity contribution in [3.8, 4) is 0 Å². The molecule has 7 nitrogen and oxygen atoms in total. The second-order valence-electron chi connectivity index (χ2n) is 6.01. The molecule has 22 heavy (non-hydrogen) atoms. The van der Waals surface area contributed by atoms with Gasteiger partial charge in [-0.05, 0) is 0 Å². The minimum Gasteiger partial charge on any atom is -0.402 e. The minimum absolute atomic E-state index is 0.0470. The van der Waals surface area contributed by atoms with Gasteiger partial charge in [0, 0.05) is 6.20 Å². The lowest BCUT2D eigenvalue weighted by Crippen LogP contribution is -2.61. The highest BCUT2D eigenvalue weighted by atomic mass is 35.5.